The Morgan fingerprint density at radius 1 is 1.83 bits per heavy atom. The Hall–Kier alpha value is -1.03. The van der Waals surface area contributed by atoms with E-state index in [-0.39, 0.29) is 0 Å². The Bertz CT molecular complexity index is 255. The van der Waals surface area contributed by atoms with Gasteiger partial charge < -0.3 is 9.47 Å². The zero-order chi connectivity index (χ0) is 8.39. The lowest BCUT2D eigenvalue weighted by atomic mass is 10.5. The van der Waals surface area contributed by atoms with Gasteiger partial charge in [-0.05, 0) is 6.92 Å². The van der Waals surface area contributed by atoms with E-state index in [0.29, 0.717) is 18.6 Å². The van der Waals surface area contributed by atoms with E-state index in [0.717, 1.165) is 13.2 Å². The zero-order valence-corrected chi connectivity index (χ0v) is 7.06. The molecule has 0 amide bonds. The van der Waals surface area contributed by atoms with Gasteiger partial charge in [0.05, 0.1) is 6.61 Å². The second-order valence-electron chi connectivity index (χ2n) is 2.78. The van der Waals surface area contributed by atoms with E-state index in [1.54, 1.807) is 0 Å². The smallest absolute Gasteiger partial charge is 0.232 e. The SMILES string of the molecule is CCn1ccc(OC[C@@H]2CO2)n1. The van der Waals surface area contributed by atoms with E-state index >= 15 is 0 Å². The Morgan fingerprint density at radius 2 is 2.67 bits per heavy atom. The van der Waals surface area contributed by atoms with Crippen molar-refractivity contribution in [3.8, 4) is 5.88 Å². The molecule has 1 saturated heterocycles. The lowest BCUT2D eigenvalue weighted by molar-refractivity contribution is 0.253. The third-order valence-corrected chi connectivity index (χ3v) is 1.76. The number of rotatable bonds is 4. The summed E-state index contributed by atoms with van der Waals surface area (Å²) in [5, 5.41) is 4.17. The highest BCUT2D eigenvalue weighted by Gasteiger charge is 2.23. The molecule has 2 heterocycles. The zero-order valence-electron chi connectivity index (χ0n) is 7.06. The molecule has 1 aliphatic rings. The maximum absolute atomic E-state index is 5.36. The molecule has 1 aliphatic heterocycles. The van der Waals surface area contributed by atoms with Gasteiger partial charge in [-0.3, -0.25) is 4.68 Å². The van der Waals surface area contributed by atoms with Gasteiger partial charge in [0.25, 0.3) is 0 Å². The quantitative estimate of drug-likeness (QED) is 0.621. The van der Waals surface area contributed by atoms with Gasteiger partial charge in [0.2, 0.25) is 5.88 Å². The number of aromatic nitrogens is 2. The van der Waals surface area contributed by atoms with Gasteiger partial charge >= 0.3 is 0 Å². The molecule has 4 heteroatoms. The Labute approximate surface area is 71.1 Å². The predicted molar refractivity (Wildman–Crippen MR) is 43.1 cm³/mol. The summed E-state index contributed by atoms with van der Waals surface area (Å²) in [7, 11) is 0. The molecule has 0 bridgehead atoms. The number of hydrogen-bond donors (Lipinski definition) is 0. The Balaban J connectivity index is 1.84. The van der Waals surface area contributed by atoms with Crippen LogP contribution in [0.15, 0.2) is 12.3 Å². The van der Waals surface area contributed by atoms with Crippen LogP contribution in [0.25, 0.3) is 0 Å². The van der Waals surface area contributed by atoms with E-state index < -0.39 is 0 Å². The molecule has 0 aliphatic carbocycles. The van der Waals surface area contributed by atoms with Crippen LogP contribution in [0.1, 0.15) is 6.92 Å². The standard InChI is InChI=1S/C8H12N2O2/c1-2-10-4-3-8(9-10)12-6-7-5-11-7/h3-4,7H,2,5-6H2,1H3/t7-/m0/s1. The van der Waals surface area contributed by atoms with E-state index in [4.69, 9.17) is 9.47 Å². The molecule has 1 fully saturated rings. The van der Waals surface area contributed by atoms with Crippen molar-refractivity contribution in [2.45, 2.75) is 19.6 Å². The third-order valence-electron chi connectivity index (χ3n) is 1.76. The van der Waals surface area contributed by atoms with Crippen LogP contribution in [0.5, 0.6) is 5.88 Å². The lowest BCUT2D eigenvalue weighted by Crippen LogP contribution is -2.05. The summed E-state index contributed by atoms with van der Waals surface area (Å²) in [5.74, 6) is 0.687. The van der Waals surface area contributed by atoms with E-state index in [1.165, 1.54) is 0 Å². The van der Waals surface area contributed by atoms with Gasteiger partial charge in [0, 0.05) is 18.8 Å². The number of nitrogens with zero attached hydrogens (tertiary/aromatic N) is 2. The molecule has 0 aromatic carbocycles. The van der Waals surface area contributed by atoms with Gasteiger partial charge in [-0.2, -0.15) is 0 Å². The van der Waals surface area contributed by atoms with E-state index in [1.807, 2.05) is 23.9 Å². The highest BCUT2D eigenvalue weighted by atomic mass is 16.6. The second kappa shape index (κ2) is 3.15. The minimum Gasteiger partial charge on any atom is -0.474 e. The van der Waals surface area contributed by atoms with Crippen LogP contribution < -0.4 is 4.74 Å². The summed E-state index contributed by atoms with van der Waals surface area (Å²) in [5.41, 5.74) is 0. The van der Waals surface area contributed by atoms with Crippen LogP contribution in [-0.2, 0) is 11.3 Å². The van der Waals surface area contributed by atoms with E-state index in [9.17, 15) is 0 Å². The topological polar surface area (TPSA) is 39.6 Å². The van der Waals surface area contributed by atoms with Crippen molar-refractivity contribution >= 4 is 0 Å². The van der Waals surface area contributed by atoms with Gasteiger partial charge in [-0.1, -0.05) is 0 Å². The number of aryl methyl sites for hydroxylation is 1. The fraction of sp³-hybridized carbons (Fsp3) is 0.625. The van der Waals surface area contributed by atoms with Crippen LogP contribution in [0.4, 0.5) is 0 Å². The molecular formula is C8H12N2O2. The average molecular weight is 168 g/mol. The number of ether oxygens (including phenoxy) is 2. The summed E-state index contributed by atoms with van der Waals surface area (Å²) in [4.78, 5) is 0. The maximum atomic E-state index is 5.36. The molecule has 0 spiro atoms. The Kier molecular flexibility index (Phi) is 1.99. The summed E-state index contributed by atoms with van der Waals surface area (Å²) in [6.07, 6.45) is 2.21. The molecule has 1 aromatic heterocycles. The minimum atomic E-state index is 0.303. The van der Waals surface area contributed by atoms with Crippen LogP contribution in [0.2, 0.25) is 0 Å². The molecule has 0 N–H and O–H groups in total. The van der Waals surface area contributed by atoms with Crippen molar-refractivity contribution in [1.82, 2.24) is 9.78 Å². The maximum Gasteiger partial charge on any atom is 0.232 e. The van der Waals surface area contributed by atoms with Crippen LogP contribution in [0.3, 0.4) is 0 Å². The third kappa shape index (κ3) is 1.76. The summed E-state index contributed by atoms with van der Waals surface area (Å²) in [6, 6.07) is 1.87. The molecule has 1 atom stereocenters. The molecule has 2 rings (SSSR count). The molecule has 0 unspecified atom stereocenters. The van der Waals surface area contributed by atoms with Crippen molar-refractivity contribution in [1.29, 1.82) is 0 Å². The highest BCUT2D eigenvalue weighted by Crippen LogP contribution is 2.12. The molecule has 66 valence electrons. The average Bonchev–Trinajstić information content (AvgIpc) is 2.81. The van der Waals surface area contributed by atoms with Crippen molar-refractivity contribution in [2.75, 3.05) is 13.2 Å². The minimum absolute atomic E-state index is 0.303. The molecule has 12 heavy (non-hydrogen) atoms. The van der Waals surface area contributed by atoms with Crippen LogP contribution in [-0.4, -0.2) is 29.1 Å². The van der Waals surface area contributed by atoms with Gasteiger partial charge in [-0.15, -0.1) is 5.10 Å². The summed E-state index contributed by atoms with van der Waals surface area (Å²) in [6.45, 7) is 4.37. The van der Waals surface area contributed by atoms with Crippen LogP contribution in [0, 0.1) is 0 Å². The van der Waals surface area contributed by atoms with Crippen LogP contribution >= 0.6 is 0 Å². The van der Waals surface area contributed by atoms with Gasteiger partial charge in [-0.25, -0.2) is 0 Å². The molecular weight excluding hydrogens is 156 g/mol. The largest absolute Gasteiger partial charge is 0.474 e. The number of epoxide rings is 1. The molecule has 0 saturated carbocycles. The second-order valence-corrected chi connectivity index (χ2v) is 2.78. The first-order valence-corrected chi connectivity index (χ1v) is 4.16. The van der Waals surface area contributed by atoms with Crippen molar-refractivity contribution < 1.29 is 9.47 Å². The van der Waals surface area contributed by atoms with Gasteiger partial charge in [0.1, 0.15) is 12.7 Å². The monoisotopic (exact) mass is 168 g/mol. The lowest BCUT2D eigenvalue weighted by Gasteiger charge is -1.97. The fourth-order valence-electron chi connectivity index (χ4n) is 0.939. The first kappa shape index (κ1) is 7.61. The summed E-state index contributed by atoms with van der Waals surface area (Å²) < 4.78 is 12.2. The van der Waals surface area contributed by atoms with Crippen molar-refractivity contribution in [3.63, 3.8) is 0 Å². The van der Waals surface area contributed by atoms with Gasteiger partial charge in [0.15, 0.2) is 0 Å². The Morgan fingerprint density at radius 3 is 3.25 bits per heavy atom. The fourth-order valence-corrected chi connectivity index (χ4v) is 0.939. The van der Waals surface area contributed by atoms with E-state index in [2.05, 4.69) is 5.10 Å². The van der Waals surface area contributed by atoms with Crippen molar-refractivity contribution in [2.24, 2.45) is 0 Å². The first-order chi connectivity index (χ1) is 5.88. The molecule has 4 nitrogen and oxygen atoms in total. The number of hydrogen-bond acceptors (Lipinski definition) is 3. The molecule has 1 aromatic rings. The highest BCUT2D eigenvalue weighted by molar-refractivity contribution is 5.05. The summed E-state index contributed by atoms with van der Waals surface area (Å²) >= 11 is 0. The first-order valence-electron chi connectivity index (χ1n) is 4.16. The van der Waals surface area contributed by atoms with Crippen molar-refractivity contribution in [3.05, 3.63) is 12.3 Å². The molecule has 0 radical (unpaired) electrons. The predicted octanol–water partition coefficient (Wildman–Crippen LogP) is 0.681. The normalized spacial score (nSPS) is 20.9.